The van der Waals surface area contributed by atoms with Gasteiger partial charge in [0, 0.05) is 5.92 Å². The third-order valence-corrected chi connectivity index (χ3v) is 10.4. The fourth-order valence-electron chi connectivity index (χ4n) is 6.87. The maximum atomic E-state index is 13.6. The highest BCUT2D eigenvalue weighted by atomic mass is 16.5. The van der Waals surface area contributed by atoms with E-state index in [1.807, 2.05) is 6.92 Å². The predicted octanol–water partition coefficient (Wildman–Crippen LogP) is 11.6. The summed E-state index contributed by atoms with van der Waals surface area (Å²) in [5.74, 6) is -0.497. The summed E-state index contributed by atoms with van der Waals surface area (Å²) in [4.78, 5) is 42.1. The Hall–Kier alpha value is -1.63. The minimum atomic E-state index is -0.168. The summed E-state index contributed by atoms with van der Waals surface area (Å²) in [7, 11) is 0. The highest BCUT2D eigenvalue weighted by molar-refractivity contribution is 5.78. The Kier molecular flexibility index (Phi) is 35.5. The van der Waals surface area contributed by atoms with Gasteiger partial charge in [0.1, 0.15) is 13.2 Å². The highest BCUT2D eigenvalue weighted by Gasteiger charge is 2.24. The number of ether oxygens (including phenoxy) is 2. The van der Waals surface area contributed by atoms with Crippen LogP contribution in [0.4, 0.5) is 0 Å². The zero-order valence-electron chi connectivity index (χ0n) is 34.8. The van der Waals surface area contributed by atoms with Crippen LogP contribution in [0.1, 0.15) is 208 Å². The maximum Gasteiger partial charge on any atom is 0.308 e. The molecule has 7 nitrogen and oxygen atoms in total. The molecule has 0 rings (SSSR count). The molecule has 0 saturated heterocycles. The van der Waals surface area contributed by atoms with Crippen molar-refractivity contribution >= 4 is 17.8 Å². The third kappa shape index (κ3) is 28.5. The molecule has 0 spiro atoms. The Morgan fingerprint density at radius 2 is 0.824 bits per heavy atom. The average Bonchev–Trinajstić information content (AvgIpc) is 3.13. The molecule has 0 heterocycles. The molecule has 0 aromatic carbocycles. The lowest BCUT2D eigenvalue weighted by molar-refractivity contribution is -0.153. The van der Waals surface area contributed by atoms with Gasteiger partial charge < -0.3 is 19.7 Å². The van der Waals surface area contributed by atoms with Crippen molar-refractivity contribution in [1.29, 1.82) is 0 Å². The summed E-state index contributed by atoms with van der Waals surface area (Å²) < 4.78 is 11.8. The smallest absolute Gasteiger partial charge is 0.308 e. The lowest BCUT2D eigenvalue weighted by Crippen LogP contribution is -2.41. The molecule has 0 radical (unpaired) electrons. The standard InChI is InChI=1S/C44H86N2O5/c1-7-12-16-20-22-26-30-40(28-24-18-14-9-3)43(48)50-37-35-46(42(47)39(6)32-34-45-33-11-5)36-38-51-44(49)41(29-25-19-15-10-4)31-27-23-21-17-13-8-2/h39-41,45H,7-38H2,1-6H3. The summed E-state index contributed by atoms with van der Waals surface area (Å²) in [5.41, 5.74) is 0. The summed E-state index contributed by atoms with van der Waals surface area (Å²) >= 11 is 0. The van der Waals surface area contributed by atoms with Crippen molar-refractivity contribution in [3.63, 3.8) is 0 Å². The van der Waals surface area contributed by atoms with E-state index in [9.17, 15) is 14.4 Å². The molecule has 0 bridgehead atoms. The Morgan fingerprint density at radius 1 is 0.471 bits per heavy atom. The second-order valence-electron chi connectivity index (χ2n) is 15.3. The molecule has 0 aliphatic heterocycles. The monoisotopic (exact) mass is 723 g/mol. The lowest BCUT2D eigenvalue weighted by Gasteiger charge is -2.26. The van der Waals surface area contributed by atoms with Gasteiger partial charge in [-0.15, -0.1) is 0 Å². The van der Waals surface area contributed by atoms with E-state index in [0.29, 0.717) is 13.1 Å². The Labute approximate surface area is 316 Å². The molecular weight excluding hydrogens is 636 g/mol. The number of hydrogen-bond donors (Lipinski definition) is 1. The van der Waals surface area contributed by atoms with E-state index in [0.717, 1.165) is 90.1 Å². The number of nitrogens with one attached hydrogen (secondary N) is 1. The fourth-order valence-corrected chi connectivity index (χ4v) is 6.87. The van der Waals surface area contributed by atoms with Gasteiger partial charge in [-0.2, -0.15) is 0 Å². The second kappa shape index (κ2) is 36.7. The van der Waals surface area contributed by atoms with Crippen molar-refractivity contribution < 1.29 is 23.9 Å². The van der Waals surface area contributed by atoms with Gasteiger partial charge in [0.15, 0.2) is 0 Å². The molecule has 0 fully saturated rings. The Balaban J connectivity index is 5.32. The van der Waals surface area contributed by atoms with E-state index in [4.69, 9.17) is 9.47 Å². The molecule has 0 aromatic rings. The van der Waals surface area contributed by atoms with Crippen molar-refractivity contribution in [2.24, 2.45) is 17.8 Å². The van der Waals surface area contributed by atoms with Crippen LogP contribution in [0.3, 0.4) is 0 Å². The Morgan fingerprint density at radius 3 is 1.20 bits per heavy atom. The molecule has 51 heavy (non-hydrogen) atoms. The van der Waals surface area contributed by atoms with Crippen molar-refractivity contribution in [3.8, 4) is 0 Å². The molecule has 0 aliphatic rings. The Bertz CT molecular complexity index is 756. The van der Waals surface area contributed by atoms with Gasteiger partial charge in [0.25, 0.3) is 0 Å². The SMILES string of the molecule is CCCCCCCCC(CCCCCC)C(=O)OCCN(CCOC(=O)C(CCCCCC)CCCCCCCC)C(=O)C(C)CCNCCC. The van der Waals surface area contributed by atoms with E-state index >= 15 is 0 Å². The van der Waals surface area contributed by atoms with Crippen LogP contribution in [-0.4, -0.2) is 62.1 Å². The molecule has 0 saturated carbocycles. The second-order valence-corrected chi connectivity index (χ2v) is 15.3. The van der Waals surface area contributed by atoms with Gasteiger partial charge in [0.05, 0.1) is 24.9 Å². The molecule has 3 unspecified atom stereocenters. The number of carbonyl (C=O) groups is 3. The number of hydrogen-bond acceptors (Lipinski definition) is 6. The molecule has 1 N–H and O–H groups in total. The number of amides is 1. The quantitative estimate of drug-likeness (QED) is 0.0504. The highest BCUT2D eigenvalue weighted by Crippen LogP contribution is 2.22. The number of rotatable bonds is 38. The largest absolute Gasteiger partial charge is 0.464 e. The summed E-state index contributed by atoms with van der Waals surface area (Å²) in [6.45, 7) is 15.7. The van der Waals surface area contributed by atoms with Gasteiger partial charge in [0.2, 0.25) is 5.91 Å². The first-order valence-corrected chi connectivity index (χ1v) is 22.2. The normalized spacial score (nSPS) is 13.1. The van der Waals surface area contributed by atoms with Gasteiger partial charge in [-0.3, -0.25) is 14.4 Å². The molecular formula is C44H86N2O5. The van der Waals surface area contributed by atoms with Gasteiger partial charge in [-0.1, -0.05) is 170 Å². The number of esters is 2. The van der Waals surface area contributed by atoms with Gasteiger partial charge in [-0.05, 0) is 51.6 Å². The van der Waals surface area contributed by atoms with Crippen molar-refractivity contribution in [2.45, 2.75) is 208 Å². The molecule has 0 aromatic heterocycles. The van der Waals surface area contributed by atoms with Crippen molar-refractivity contribution in [3.05, 3.63) is 0 Å². The van der Waals surface area contributed by atoms with Crippen molar-refractivity contribution in [2.75, 3.05) is 39.4 Å². The van der Waals surface area contributed by atoms with E-state index in [2.05, 4.69) is 39.9 Å². The summed E-state index contributed by atoms with van der Waals surface area (Å²) in [6.07, 6.45) is 29.0. The number of carbonyl (C=O) groups excluding carboxylic acids is 3. The molecule has 302 valence electrons. The summed E-state index contributed by atoms with van der Waals surface area (Å²) in [6, 6.07) is 0. The minimum absolute atomic E-state index is 0.0341. The third-order valence-electron chi connectivity index (χ3n) is 10.4. The first-order chi connectivity index (χ1) is 24.9. The van der Waals surface area contributed by atoms with E-state index in [1.54, 1.807) is 4.90 Å². The lowest BCUT2D eigenvalue weighted by atomic mass is 9.94. The number of nitrogens with zero attached hydrogens (tertiary/aromatic N) is 1. The van der Waals surface area contributed by atoms with Gasteiger partial charge >= 0.3 is 11.9 Å². The fraction of sp³-hybridized carbons (Fsp3) is 0.932. The van der Waals surface area contributed by atoms with Crippen LogP contribution >= 0.6 is 0 Å². The van der Waals surface area contributed by atoms with E-state index < -0.39 is 0 Å². The number of unbranched alkanes of at least 4 members (excludes halogenated alkanes) is 16. The van der Waals surface area contributed by atoms with Gasteiger partial charge in [-0.25, -0.2) is 0 Å². The predicted molar refractivity (Wildman–Crippen MR) is 216 cm³/mol. The summed E-state index contributed by atoms with van der Waals surface area (Å²) in [5, 5.41) is 3.40. The van der Waals surface area contributed by atoms with E-state index in [-0.39, 0.29) is 48.8 Å². The van der Waals surface area contributed by atoms with Crippen LogP contribution in [0, 0.1) is 17.8 Å². The van der Waals surface area contributed by atoms with Crippen LogP contribution in [0.2, 0.25) is 0 Å². The molecule has 7 heteroatoms. The average molecular weight is 723 g/mol. The van der Waals surface area contributed by atoms with E-state index in [1.165, 1.54) is 89.9 Å². The van der Waals surface area contributed by atoms with Crippen LogP contribution in [0.15, 0.2) is 0 Å². The molecule has 1 amide bonds. The zero-order chi connectivity index (χ0) is 37.8. The first kappa shape index (κ1) is 49.4. The first-order valence-electron chi connectivity index (χ1n) is 22.2. The zero-order valence-corrected chi connectivity index (χ0v) is 34.8. The van der Waals surface area contributed by atoms with Crippen molar-refractivity contribution in [1.82, 2.24) is 10.2 Å². The minimum Gasteiger partial charge on any atom is -0.464 e. The maximum absolute atomic E-state index is 13.6. The van der Waals surface area contributed by atoms with Crippen LogP contribution in [-0.2, 0) is 23.9 Å². The van der Waals surface area contributed by atoms with Crippen LogP contribution < -0.4 is 5.32 Å². The molecule has 0 aliphatic carbocycles. The topological polar surface area (TPSA) is 84.9 Å². The molecule has 3 atom stereocenters. The van der Waals surface area contributed by atoms with Crippen LogP contribution in [0.5, 0.6) is 0 Å². The van der Waals surface area contributed by atoms with Crippen LogP contribution in [0.25, 0.3) is 0 Å².